The zero-order valence-corrected chi connectivity index (χ0v) is 9.66. The molecule has 1 aromatic rings. The molecule has 0 saturated carbocycles. The van der Waals surface area contributed by atoms with Crippen molar-refractivity contribution in [1.82, 2.24) is 4.90 Å². The summed E-state index contributed by atoms with van der Waals surface area (Å²) < 4.78 is 0. The largest absolute Gasteiger partial charge is 0.388 e. The van der Waals surface area contributed by atoms with Gasteiger partial charge in [-0.1, -0.05) is 12.1 Å². The zero-order chi connectivity index (χ0) is 10.7. The average Bonchev–Trinajstić information content (AvgIpc) is 2.65. The van der Waals surface area contributed by atoms with Gasteiger partial charge in [-0.3, -0.25) is 0 Å². The third-order valence-electron chi connectivity index (χ3n) is 3.26. The van der Waals surface area contributed by atoms with E-state index in [1.165, 1.54) is 37.2 Å². The van der Waals surface area contributed by atoms with E-state index in [-0.39, 0.29) is 0 Å². The molecule has 1 aromatic carbocycles. The molecule has 1 saturated heterocycles. The van der Waals surface area contributed by atoms with Gasteiger partial charge >= 0.3 is 0 Å². The van der Waals surface area contributed by atoms with Gasteiger partial charge in [0.05, 0.1) is 0 Å². The first kappa shape index (κ1) is 10.5. The second-order valence-corrected chi connectivity index (χ2v) is 4.57. The Bertz CT molecular complexity index is 305. The first-order chi connectivity index (χ1) is 7.28. The summed E-state index contributed by atoms with van der Waals surface area (Å²) in [6, 6.07) is 8.80. The van der Waals surface area contributed by atoms with Gasteiger partial charge in [0.2, 0.25) is 0 Å². The summed E-state index contributed by atoms with van der Waals surface area (Å²) in [5, 5.41) is 3.15. The third kappa shape index (κ3) is 2.72. The van der Waals surface area contributed by atoms with Crippen LogP contribution in [0.25, 0.3) is 0 Å². The van der Waals surface area contributed by atoms with E-state index >= 15 is 0 Å². The van der Waals surface area contributed by atoms with Gasteiger partial charge in [-0.2, -0.15) is 0 Å². The summed E-state index contributed by atoms with van der Waals surface area (Å²) in [5.41, 5.74) is 2.66. The lowest BCUT2D eigenvalue weighted by atomic mass is 9.98. The Kier molecular flexibility index (Phi) is 3.27. The van der Waals surface area contributed by atoms with Crippen molar-refractivity contribution in [2.75, 3.05) is 32.5 Å². The summed E-state index contributed by atoms with van der Waals surface area (Å²) in [5.74, 6) is 0.857. The molecule has 1 N–H and O–H groups in total. The predicted octanol–water partition coefficient (Wildman–Crippen LogP) is 2.22. The molecule has 1 aliphatic rings. The van der Waals surface area contributed by atoms with Crippen molar-refractivity contribution in [3.05, 3.63) is 29.8 Å². The first-order valence-electron chi connectivity index (χ1n) is 5.73. The number of likely N-dealkylation sites (tertiary alicyclic amines) is 1. The zero-order valence-electron chi connectivity index (χ0n) is 9.66. The predicted molar refractivity (Wildman–Crippen MR) is 65.3 cm³/mol. The molecule has 2 nitrogen and oxygen atoms in total. The minimum atomic E-state index is 0.857. The number of nitrogens with one attached hydrogen (secondary N) is 1. The van der Waals surface area contributed by atoms with Crippen LogP contribution >= 0.6 is 0 Å². The van der Waals surface area contributed by atoms with Gasteiger partial charge in [-0.15, -0.1) is 0 Å². The Labute approximate surface area is 92.3 Å². The van der Waals surface area contributed by atoms with Gasteiger partial charge in [0.15, 0.2) is 0 Å². The molecule has 2 rings (SSSR count). The Morgan fingerprint density at radius 2 is 2.07 bits per heavy atom. The molecule has 82 valence electrons. The minimum absolute atomic E-state index is 0.857. The van der Waals surface area contributed by atoms with Crippen molar-refractivity contribution in [2.45, 2.75) is 12.8 Å². The molecule has 0 spiro atoms. The highest BCUT2D eigenvalue weighted by molar-refractivity contribution is 5.43. The number of nitrogens with zero attached hydrogens (tertiary/aromatic N) is 1. The smallest absolute Gasteiger partial charge is 0.0337 e. The van der Waals surface area contributed by atoms with E-state index in [4.69, 9.17) is 0 Å². The molecule has 0 radical (unpaired) electrons. The van der Waals surface area contributed by atoms with E-state index in [0.717, 1.165) is 5.92 Å². The van der Waals surface area contributed by atoms with Crippen LogP contribution in [0.2, 0.25) is 0 Å². The molecule has 2 heteroatoms. The van der Waals surface area contributed by atoms with Crippen LogP contribution in [0.1, 0.15) is 12.0 Å². The van der Waals surface area contributed by atoms with Crippen LogP contribution in [0, 0.1) is 5.92 Å². The number of hydrogen-bond donors (Lipinski definition) is 1. The van der Waals surface area contributed by atoms with E-state index in [2.05, 4.69) is 41.5 Å². The van der Waals surface area contributed by atoms with Crippen LogP contribution in [0.3, 0.4) is 0 Å². The van der Waals surface area contributed by atoms with Crippen LogP contribution in [-0.4, -0.2) is 32.1 Å². The molecule has 0 aromatic heterocycles. The van der Waals surface area contributed by atoms with Crippen molar-refractivity contribution >= 4 is 5.69 Å². The number of anilines is 1. The van der Waals surface area contributed by atoms with Gasteiger partial charge in [0, 0.05) is 19.3 Å². The summed E-state index contributed by atoms with van der Waals surface area (Å²) in [6.07, 6.45) is 2.58. The topological polar surface area (TPSA) is 15.3 Å². The standard InChI is InChI=1S/C13H20N2/c1-14-13-5-3-11(4-6-13)9-12-7-8-15(2)10-12/h3-6,12,14H,7-10H2,1-2H3. The second-order valence-electron chi connectivity index (χ2n) is 4.57. The van der Waals surface area contributed by atoms with Crippen LogP contribution in [0.15, 0.2) is 24.3 Å². The number of hydrogen-bond acceptors (Lipinski definition) is 2. The second kappa shape index (κ2) is 4.67. The highest BCUT2D eigenvalue weighted by Gasteiger charge is 2.19. The molecule has 1 unspecified atom stereocenters. The number of benzene rings is 1. The van der Waals surface area contributed by atoms with E-state index in [0.29, 0.717) is 0 Å². The molecule has 0 amide bonds. The maximum absolute atomic E-state index is 3.15. The van der Waals surface area contributed by atoms with Gasteiger partial charge < -0.3 is 10.2 Å². The molecule has 1 fully saturated rings. The summed E-state index contributed by atoms with van der Waals surface area (Å²) >= 11 is 0. The van der Waals surface area contributed by atoms with Crippen LogP contribution in [0.5, 0.6) is 0 Å². The Morgan fingerprint density at radius 3 is 2.60 bits per heavy atom. The van der Waals surface area contributed by atoms with E-state index in [1.54, 1.807) is 0 Å². The van der Waals surface area contributed by atoms with Gasteiger partial charge in [0.25, 0.3) is 0 Å². The lowest BCUT2D eigenvalue weighted by Crippen LogP contribution is -2.14. The summed E-state index contributed by atoms with van der Waals surface area (Å²) in [6.45, 7) is 2.52. The highest BCUT2D eigenvalue weighted by atomic mass is 15.1. The average molecular weight is 204 g/mol. The molecular weight excluding hydrogens is 184 g/mol. The van der Waals surface area contributed by atoms with E-state index < -0.39 is 0 Å². The lowest BCUT2D eigenvalue weighted by Gasteiger charge is -2.10. The Balaban J connectivity index is 1.93. The van der Waals surface area contributed by atoms with Gasteiger partial charge in [0.1, 0.15) is 0 Å². The highest BCUT2D eigenvalue weighted by Crippen LogP contribution is 2.20. The van der Waals surface area contributed by atoms with E-state index in [1.807, 2.05) is 7.05 Å². The fourth-order valence-electron chi connectivity index (χ4n) is 2.33. The van der Waals surface area contributed by atoms with Crippen LogP contribution < -0.4 is 5.32 Å². The van der Waals surface area contributed by atoms with Crippen molar-refractivity contribution < 1.29 is 0 Å². The molecule has 15 heavy (non-hydrogen) atoms. The number of rotatable bonds is 3. The Morgan fingerprint density at radius 1 is 1.33 bits per heavy atom. The fraction of sp³-hybridized carbons (Fsp3) is 0.538. The maximum atomic E-state index is 3.15. The van der Waals surface area contributed by atoms with Crippen molar-refractivity contribution in [1.29, 1.82) is 0 Å². The van der Waals surface area contributed by atoms with Gasteiger partial charge in [-0.05, 0) is 50.0 Å². The molecule has 1 atom stereocenters. The van der Waals surface area contributed by atoms with Crippen molar-refractivity contribution in [3.8, 4) is 0 Å². The van der Waals surface area contributed by atoms with Crippen LogP contribution in [-0.2, 0) is 6.42 Å². The monoisotopic (exact) mass is 204 g/mol. The SMILES string of the molecule is CNc1ccc(CC2CCN(C)C2)cc1. The Hall–Kier alpha value is -1.02. The normalized spacial score (nSPS) is 21.9. The summed E-state index contributed by atoms with van der Waals surface area (Å²) in [7, 11) is 4.17. The van der Waals surface area contributed by atoms with Crippen molar-refractivity contribution in [2.24, 2.45) is 5.92 Å². The summed E-state index contributed by atoms with van der Waals surface area (Å²) in [4.78, 5) is 2.42. The first-order valence-corrected chi connectivity index (χ1v) is 5.73. The van der Waals surface area contributed by atoms with E-state index in [9.17, 15) is 0 Å². The third-order valence-corrected chi connectivity index (χ3v) is 3.26. The molecule has 0 aliphatic carbocycles. The quantitative estimate of drug-likeness (QED) is 0.812. The minimum Gasteiger partial charge on any atom is -0.388 e. The maximum Gasteiger partial charge on any atom is 0.0337 e. The molecule has 1 heterocycles. The molecule has 0 bridgehead atoms. The molecular formula is C13H20N2. The molecule has 1 aliphatic heterocycles. The van der Waals surface area contributed by atoms with Crippen LogP contribution in [0.4, 0.5) is 5.69 Å². The lowest BCUT2D eigenvalue weighted by molar-refractivity contribution is 0.394. The van der Waals surface area contributed by atoms with Crippen molar-refractivity contribution in [3.63, 3.8) is 0 Å². The fourth-order valence-corrected chi connectivity index (χ4v) is 2.33. The van der Waals surface area contributed by atoms with Gasteiger partial charge in [-0.25, -0.2) is 0 Å².